The molecule has 0 saturated carbocycles. The van der Waals surface area contributed by atoms with E-state index in [0.717, 1.165) is 5.69 Å². The second kappa shape index (κ2) is 3.32. The van der Waals surface area contributed by atoms with Gasteiger partial charge >= 0.3 is 5.97 Å². The summed E-state index contributed by atoms with van der Waals surface area (Å²) in [6.07, 6.45) is -1.52. The number of nitrogens with zero attached hydrogens (tertiary/aromatic N) is 2. The molecule has 0 saturated heterocycles. The number of hydrogen-bond donors (Lipinski definition) is 2. The lowest BCUT2D eigenvalue weighted by atomic mass is 10.2. The van der Waals surface area contributed by atoms with Gasteiger partial charge in [-0.1, -0.05) is 0 Å². The number of carbonyl (C=O) groups is 1. The molecule has 2 rings (SSSR count). The summed E-state index contributed by atoms with van der Waals surface area (Å²) < 4.78 is 1.68. The lowest BCUT2D eigenvalue weighted by Gasteiger charge is -2.06. The van der Waals surface area contributed by atoms with E-state index in [4.69, 9.17) is 5.11 Å². The number of imidazole rings is 1. The van der Waals surface area contributed by atoms with Crippen LogP contribution in [0.15, 0.2) is 5.38 Å². The molecule has 2 aromatic heterocycles. The fourth-order valence-corrected chi connectivity index (χ4v) is 2.48. The van der Waals surface area contributed by atoms with Crippen LogP contribution in [-0.2, 0) is 4.79 Å². The first-order valence-corrected chi connectivity index (χ1v) is 5.24. The van der Waals surface area contributed by atoms with E-state index in [1.807, 2.05) is 12.3 Å². The molecular formula is C9H10N2O3S. The van der Waals surface area contributed by atoms with Crippen molar-refractivity contribution in [3.63, 3.8) is 0 Å². The van der Waals surface area contributed by atoms with Gasteiger partial charge in [0, 0.05) is 11.1 Å². The average molecular weight is 226 g/mol. The first-order valence-electron chi connectivity index (χ1n) is 4.36. The van der Waals surface area contributed by atoms with E-state index < -0.39 is 12.1 Å². The van der Waals surface area contributed by atoms with E-state index in [0.29, 0.717) is 16.3 Å². The van der Waals surface area contributed by atoms with Gasteiger partial charge in [-0.15, -0.1) is 11.3 Å². The summed E-state index contributed by atoms with van der Waals surface area (Å²) in [7, 11) is 0. The van der Waals surface area contributed by atoms with Crippen molar-refractivity contribution in [2.24, 2.45) is 0 Å². The number of thiazole rings is 1. The maximum atomic E-state index is 10.7. The molecule has 2 aromatic rings. The normalized spacial score (nSPS) is 13.3. The second-order valence-electron chi connectivity index (χ2n) is 3.32. The van der Waals surface area contributed by atoms with Crippen molar-refractivity contribution in [2.45, 2.75) is 20.0 Å². The number of rotatable bonds is 2. The van der Waals surface area contributed by atoms with Crippen molar-refractivity contribution < 1.29 is 15.0 Å². The SMILES string of the molecule is Cc1nc2scc(C)n2c1C(O)C(=O)O. The zero-order valence-electron chi connectivity index (χ0n) is 8.26. The fraction of sp³-hybridized carbons (Fsp3) is 0.333. The molecule has 0 aliphatic heterocycles. The summed E-state index contributed by atoms with van der Waals surface area (Å²) in [6.45, 7) is 3.54. The van der Waals surface area contributed by atoms with Crippen LogP contribution in [0.3, 0.4) is 0 Å². The van der Waals surface area contributed by atoms with Crippen LogP contribution in [0.5, 0.6) is 0 Å². The number of aromatic nitrogens is 2. The molecule has 0 aromatic carbocycles. The van der Waals surface area contributed by atoms with Crippen molar-refractivity contribution in [3.8, 4) is 0 Å². The zero-order chi connectivity index (χ0) is 11.2. The van der Waals surface area contributed by atoms with Crippen LogP contribution < -0.4 is 0 Å². The summed E-state index contributed by atoms with van der Waals surface area (Å²) in [5, 5.41) is 20.2. The standard InChI is InChI=1S/C9H10N2O3S/c1-4-3-15-9-10-5(2)6(11(4)9)7(12)8(13)14/h3,7,12H,1-2H3,(H,13,14). The molecule has 0 amide bonds. The van der Waals surface area contributed by atoms with Gasteiger partial charge in [0.1, 0.15) is 0 Å². The Labute approximate surface area is 89.6 Å². The molecule has 15 heavy (non-hydrogen) atoms. The number of carboxylic acids is 1. The van der Waals surface area contributed by atoms with Crippen LogP contribution in [0.2, 0.25) is 0 Å². The van der Waals surface area contributed by atoms with E-state index in [1.54, 1.807) is 11.3 Å². The minimum Gasteiger partial charge on any atom is -0.479 e. The minimum atomic E-state index is -1.52. The molecule has 5 nitrogen and oxygen atoms in total. The van der Waals surface area contributed by atoms with Crippen LogP contribution >= 0.6 is 11.3 Å². The van der Waals surface area contributed by atoms with E-state index in [-0.39, 0.29) is 0 Å². The van der Waals surface area contributed by atoms with Crippen molar-refractivity contribution in [1.29, 1.82) is 0 Å². The van der Waals surface area contributed by atoms with Crippen molar-refractivity contribution in [2.75, 3.05) is 0 Å². The predicted molar refractivity (Wildman–Crippen MR) is 55.1 cm³/mol. The molecule has 0 aliphatic rings. The second-order valence-corrected chi connectivity index (χ2v) is 4.15. The highest BCUT2D eigenvalue weighted by Crippen LogP contribution is 2.25. The molecule has 0 bridgehead atoms. The lowest BCUT2D eigenvalue weighted by Crippen LogP contribution is -2.14. The quantitative estimate of drug-likeness (QED) is 0.805. The summed E-state index contributed by atoms with van der Waals surface area (Å²) in [5.74, 6) is -1.26. The van der Waals surface area contributed by atoms with Crippen LogP contribution in [0.25, 0.3) is 4.96 Å². The number of carboxylic acid groups (broad SMARTS) is 1. The molecule has 2 heterocycles. The van der Waals surface area contributed by atoms with Gasteiger partial charge in [-0.2, -0.15) is 0 Å². The molecule has 0 spiro atoms. The van der Waals surface area contributed by atoms with E-state index in [9.17, 15) is 9.90 Å². The summed E-state index contributed by atoms with van der Waals surface area (Å²) in [5.41, 5.74) is 1.78. The predicted octanol–water partition coefficient (Wildman–Crippen LogP) is 1.13. The number of fused-ring (bicyclic) bond motifs is 1. The Balaban J connectivity index is 2.71. The Morgan fingerprint density at radius 3 is 2.87 bits per heavy atom. The third-order valence-corrected chi connectivity index (χ3v) is 3.19. The molecule has 0 fully saturated rings. The molecule has 1 atom stereocenters. The summed E-state index contributed by atoms with van der Waals surface area (Å²) in [4.78, 5) is 15.6. The molecular weight excluding hydrogens is 216 g/mol. The van der Waals surface area contributed by atoms with Crippen molar-refractivity contribution in [1.82, 2.24) is 9.38 Å². The Hall–Kier alpha value is -1.40. The number of aliphatic hydroxyl groups excluding tert-OH is 1. The smallest absolute Gasteiger partial charge is 0.338 e. The first-order chi connectivity index (χ1) is 7.02. The number of hydrogen-bond acceptors (Lipinski definition) is 4. The molecule has 2 N–H and O–H groups in total. The number of aliphatic hydroxyl groups is 1. The topological polar surface area (TPSA) is 74.8 Å². The highest BCUT2D eigenvalue weighted by Gasteiger charge is 2.24. The first kappa shape index (κ1) is 10.1. The maximum absolute atomic E-state index is 10.7. The van der Waals surface area contributed by atoms with Crippen LogP contribution in [0, 0.1) is 13.8 Å². The third kappa shape index (κ3) is 1.42. The highest BCUT2D eigenvalue weighted by molar-refractivity contribution is 7.15. The van der Waals surface area contributed by atoms with Gasteiger partial charge in [0.05, 0.1) is 11.4 Å². The molecule has 1 unspecified atom stereocenters. The Morgan fingerprint density at radius 2 is 2.27 bits per heavy atom. The Bertz CT molecular complexity index is 529. The zero-order valence-corrected chi connectivity index (χ0v) is 9.08. The maximum Gasteiger partial charge on any atom is 0.338 e. The van der Waals surface area contributed by atoms with Gasteiger partial charge in [-0.25, -0.2) is 9.78 Å². The molecule has 0 aliphatic carbocycles. The lowest BCUT2D eigenvalue weighted by molar-refractivity contribution is -0.147. The Kier molecular flexibility index (Phi) is 2.24. The Morgan fingerprint density at radius 1 is 1.60 bits per heavy atom. The van der Waals surface area contributed by atoms with Gasteiger partial charge in [0.25, 0.3) is 0 Å². The van der Waals surface area contributed by atoms with Crippen LogP contribution in [0.1, 0.15) is 23.2 Å². The van der Waals surface area contributed by atoms with Crippen molar-refractivity contribution >= 4 is 22.3 Å². The summed E-state index contributed by atoms with van der Waals surface area (Å²) >= 11 is 1.43. The fourth-order valence-electron chi connectivity index (χ4n) is 1.56. The van der Waals surface area contributed by atoms with E-state index >= 15 is 0 Å². The van der Waals surface area contributed by atoms with Gasteiger partial charge in [-0.3, -0.25) is 4.40 Å². The minimum absolute atomic E-state index is 0.344. The summed E-state index contributed by atoms with van der Waals surface area (Å²) in [6, 6.07) is 0. The third-order valence-electron chi connectivity index (χ3n) is 2.25. The van der Waals surface area contributed by atoms with E-state index in [2.05, 4.69) is 4.98 Å². The van der Waals surface area contributed by atoms with Gasteiger partial charge in [0.2, 0.25) is 0 Å². The van der Waals surface area contributed by atoms with Gasteiger partial charge < -0.3 is 10.2 Å². The number of aryl methyl sites for hydroxylation is 2. The average Bonchev–Trinajstić information content (AvgIpc) is 2.65. The number of aliphatic carboxylic acids is 1. The molecule has 0 radical (unpaired) electrons. The molecule has 80 valence electrons. The van der Waals surface area contributed by atoms with Gasteiger partial charge in [0.15, 0.2) is 11.1 Å². The van der Waals surface area contributed by atoms with Crippen molar-refractivity contribution in [3.05, 3.63) is 22.5 Å². The highest BCUT2D eigenvalue weighted by atomic mass is 32.1. The van der Waals surface area contributed by atoms with Gasteiger partial charge in [-0.05, 0) is 13.8 Å². The largest absolute Gasteiger partial charge is 0.479 e. The van der Waals surface area contributed by atoms with Crippen LogP contribution in [-0.4, -0.2) is 25.6 Å². The van der Waals surface area contributed by atoms with E-state index in [1.165, 1.54) is 11.3 Å². The molecule has 6 heteroatoms. The van der Waals surface area contributed by atoms with Crippen LogP contribution in [0.4, 0.5) is 0 Å². The monoisotopic (exact) mass is 226 g/mol.